The molecule has 1 atom stereocenters. The highest BCUT2D eigenvalue weighted by atomic mass is 35.5. The average molecular weight is 373 g/mol. The molecule has 2 rings (SSSR count). The van der Waals surface area contributed by atoms with Crippen molar-refractivity contribution >= 4 is 37.5 Å². The topological polar surface area (TPSA) is 26.3 Å². The van der Waals surface area contributed by atoms with Crippen molar-refractivity contribution in [2.24, 2.45) is 5.92 Å². The van der Waals surface area contributed by atoms with Crippen LogP contribution in [0.4, 0.5) is 0 Å². The standard InChI is InChI=1S/C18H29ClO2SSi/c1-18(2,3)23(4,5)21-16(13-9-7-6-8-10-13)15-11-14(12-20)22-17(15)19/h11-13,16H,6-10H2,1-5H3. The van der Waals surface area contributed by atoms with E-state index < -0.39 is 8.32 Å². The molecular weight excluding hydrogens is 344 g/mol. The van der Waals surface area contributed by atoms with Crippen molar-refractivity contribution in [1.29, 1.82) is 0 Å². The molecule has 1 heterocycles. The minimum absolute atomic E-state index is 0.0358. The van der Waals surface area contributed by atoms with Crippen LogP contribution in [-0.4, -0.2) is 14.6 Å². The van der Waals surface area contributed by atoms with Crippen LogP contribution in [0.1, 0.15) is 74.2 Å². The molecular formula is C18H29ClO2SSi. The zero-order chi connectivity index (χ0) is 17.3. The van der Waals surface area contributed by atoms with Gasteiger partial charge in [-0.3, -0.25) is 4.79 Å². The van der Waals surface area contributed by atoms with E-state index in [1.807, 2.05) is 6.07 Å². The van der Waals surface area contributed by atoms with Crippen molar-refractivity contribution in [3.63, 3.8) is 0 Å². The predicted octanol–water partition coefficient (Wildman–Crippen LogP) is 6.86. The van der Waals surface area contributed by atoms with Crippen molar-refractivity contribution < 1.29 is 9.22 Å². The van der Waals surface area contributed by atoms with Crippen molar-refractivity contribution in [2.75, 3.05) is 0 Å². The van der Waals surface area contributed by atoms with Gasteiger partial charge in [-0.1, -0.05) is 51.6 Å². The highest BCUT2D eigenvalue weighted by Gasteiger charge is 2.42. The Morgan fingerprint density at radius 3 is 2.39 bits per heavy atom. The number of halogens is 1. The molecule has 1 aliphatic rings. The third-order valence-electron chi connectivity index (χ3n) is 5.46. The Labute approximate surface area is 150 Å². The van der Waals surface area contributed by atoms with Crippen LogP contribution in [0.3, 0.4) is 0 Å². The summed E-state index contributed by atoms with van der Waals surface area (Å²) in [6.07, 6.45) is 7.18. The Bertz CT molecular complexity index is 542. The minimum Gasteiger partial charge on any atom is -0.410 e. The lowest BCUT2D eigenvalue weighted by atomic mass is 9.83. The second-order valence-electron chi connectivity index (χ2n) is 8.19. The maximum atomic E-state index is 11.1. The lowest BCUT2D eigenvalue weighted by Gasteiger charge is -2.42. The summed E-state index contributed by atoms with van der Waals surface area (Å²) >= 11 is 7.85. The van der Waals surface area contributed by atoms with Gasteiger partial charge in [0.2, 0.25) is 0 Å². The van der Waals surface area contributed by atoms with Gasteiger partial charge in [0.1, 0.15) is 0 Å². The van der Waals surface area contributed by atoms with E-state index in [4.69, 9.17) is 16.0 Å². The van der Waals surface area contributed by atoms with Gasteiger partial charge in [-0.25, -0.2) is 0 Å². The first kappa shape index (κ1) is 19.2. The first-order valence-electron chi connectivity index (χ1n) is 8.58. The molecule has 2 nitrogen and oxygen atoms in total. The van der Waals surface area contributed by atoms with Crippen LogP contribution in [0, 0.1) is 5.92 Å². The molecule has 0 radical (unpaired) electrons. The molecule has 1 unspecified atom stereocenters. The summed E-state index contributed by atoms with van der Waals surface area (Å²) in [5.41, 5.74) is 1.04. The third-order valence-corrected chi connectivity index (χ3v) is 11.2. The molecule has 1 saturated carbocycles. The second-order valence-corrected chi connectivity index (χ2v) is 14.6. The van der Waals surface area contributed by atoms with Gasteiger partial charge < -0.3 is 4.43 Å². The second kappa shape index (κ2) is 7.38. The quantitative estimate of drug-likeness (QED) is 0.417. The maximum Gasteiger partial charge on any atom is 0.192 e. The van der Waals surface area contributed by atoms with Crippen molar-refractivity contribution in [1.82, 2.24) is 0 Å². The van der Waals surface area contributed by atoms with Gasteiger partial charge in [-0.05, 0) is 43.0 Å². The molecule has 0 bridgehead atoms. The number of aldehydes is 1. The number of carbonyl (C=O) groups is 1. The van der Waals surface area contributed by atoms with Crippen LogP contribution in [0.2, 0.25) is 22.5 Å². The van der Waals surface area contributed by atoms with Gasteiger partial charge in [0, 0.05) is 5.56 Å². The summed E-state index contributed by atoms with van der Waals surface area (Å²) in [6, 6.07) is 1.95. The molecule has 1 aromatic heterocycles. The normalized spacial score (nSPS) is 18.9. The molecule has 1 fully saturated rings. The Kier molecular flexibility index (Phi) is 6.15. The van der Waals surface area contributed by atoms with E-state index in [1.54, 1.807) is 0 Å². The molecule has 0 saturated heterocycles. The van der Waals surface area contributed by atoms with Gasteiger partial charge in [0.25, 0.3) is 0 Å². The van der Waals surface area contributed by atoms with Gasteiger partial charge in [-0.15, -0.1) is 11.3 Å². The zero-order valence-corrected chi connectivity index (χ0v) is 17.5. The fraction of sp³-hybridized carbons (Fsp3) is 0.722. The lowest BCUT2D eigenvalue weighted by Crippen LogP contribution is -2.43. The molecule has 0 aliphatic heterocycles. The van der Waals surface area contributed by atoms with Crippen molar-refractivity contribution in [3.8, 4) is 0 Å². The minimum atomic E-state index is -1.90. The third kappa shape index (κ3) is 4.47. The van der Waals surface area contributed by atoms with Crippen molar-refractivity contribution in [3.05, 3.63) is 20.8 Å². The number of thiophene rings is 1. The molecule has 0 amide bonds. The van der Waals surface area contributed by atoms with Crippen LogP contribution in [0.25, 0.3) is 0 Å². The Hall–Kier alpha value is -0.163. The summed E-state index contributed by atoms with van der Waals surface area (Å²) < 4.78 is 7.54. The van der Waals surface area contributed by atoms with E-state index >= 15 is 0 Å². The molecule has 5 heteroatoms. The van der Waals surface area contributed by atoms with E-state index in [9.17, 15) is 4.79 Å². The molecule has 0 aromatic carbocycles. The molecule has 23 heavy (non-hydrogen) atoms. The summed E-state index contributed by atoms with van der Waals surface area (Å²) in [5.74, 6) is 0.518. The highest BCUT2D eigenvalue weighted by molar-refractivity contribution is 7.17. The van der Waals surface area contributed by atoms with Crippen molar-refractivity contribution in [2.45, 2.75) is 77.1 Å². The Balaban J connectivity index is 2.35. The SMILES string of the molecule is CC(C)(C)[Si](C)(C)OC(c1cc(C=O)sc1Cl)C1CCCCC1. The van der Waals surface area contributed by atoms with E-state index in [0.717, 1.165) is 16.2 Å². The van der Waals surface area contributed by atoms with E-state index in [0.29, 0.717) is 10.8 Å². The van der Waals surface area contributed by atoms with Crippen LogP contribution in [0.5, 0.6) is 0 Å². The fourth-order valence-corrected chi connectivity index (χ4v) is 5.47. The van der Waals surface area contributed by atoms with Crippen LogP contribution < -0.4 is 0 Å². The van der Waals surface area contributed by atoms with Gasteiger partial charge in [-0.2, -0.15) is 0 Å². The summed E-state index contributed by atoms with van der Waals surface area (Å²) in [6.45, 7) is 11.4. The first-order chi connectivity index (χ1) is 10.7. The Morgan fingerprint density at radius 1 is 1.30 bits per heavy atom. The number of hydrogen-bond donors (Lipinski definition) is 0. The smallest absolute Gasteiger partial charge is 0.192 e. The van der Waals surface area contributed by atoms with Gasteiger partial charge >= 0.3 is 0 Å². The number of hydrogen-bond acceptors (Lipinski definition) is 3. The van der Waals surface area contributed by atoms with Gasteiger partial charge in [0.15, 0.2) is 14.6 Å². The van der Waals surface area contributed by atoms with E-state index in [2.05, 4.69) is 33.9 Å². The van der Waals surface area contributed by atoms with Crippen LogP contribution in [-0.2, 0) is 4.43 Å². The average Bonchev–Trinajstić information content (AvgIpc) is 2.85. The molecule has 1 aliphatic carbocycles. The lowest BCUT2D eigenvalue weighted by molar-refractivity contribution is 0.0941. The van der Waals surface area contributed by atoms with E-state index in [-0.39, 0.29) is 11.1 Å². The van der Waals surface area contributed by atoms with Crippen LogP contribution in [0.15, 0.2) is 6.07 Å². The number of rotatable bonds is 5. The molecule has 0 spiro atoms. The van der Waals surface area contributed by atoms with E-state index in [1.165, 1.54) is 43.4 Å². The Morgan fingerprint density at radius 2 is 1.91 bits per heavy atom. The number of carbonyl (C=O) groups excluding carboxylic acids is 1. The summed E-state index contributed by atoms with van der Waals surface area (Å²) in [7, 11) is -1.90. The monoisotopic (exact) mass is 372 g/mol. The molecule has 130 valence electrons. The van der Waals surface area contributed by atoms with Crippen LogP contribution >= 0.6 is 22.9 Å². The molecule has 1 aromatic rings. The highest BCUT2D eigenvalue weighted by Crippen LogP contribution is 2.47. The zero-order valence-electron chi connectivity index (χ0n) is 14.9. The van der Waals surface area contributed by atoms with Gasteiger partial charge in [0.05, 0.1) is 15.3 Å². The fourth-order valence-electron chi connectivity index (χ4n) is 3.00. The maximum absolute atomic E-state index is 11.1. The first-order valence-corrected chi connectivity index (χ1v) is 12.7. The predicted molar refractivity (Wildman–Crippen MR) is 102 cm³/mol. The summed E-state index contributed by atoms with van der Waals surface area (Å²) in [4.78, 5) is 11.8. The summed E-state index contributed by atoms with van der Waals surface area (Å²) in [5, 5.41) is 0.163. The molecule has 0 N–H and O–H groups in total. The largest absolute Gasteiger partial charge is 0.410 e.